The first-order valence-corrected chi connectivity index (χ1v) is 12.7. The summed E-state index contributed by atoms with van der Waals surface area (Å²) in [6, 6.07) is -0.838. The number of amides is 3. The number of ether oxygens (including phenoxy) is 3. The van der Waals surface area contributed by atoms with Gasteiger partial charge in [0.2, 0.25) is 0 Å². The number of alkyl carbamates (subject to hydrolysis) is 1. The molecule has 0 radical (unpaired) electrons. The number of nitrogens with zero attached hydrogens (tertiary/aromatic N) is 2. The lowest BCUT2D eigenvalue weighted by atomic mass is 10.1. The summed E-state index contributed by atoms with van der Waals surface area (Å²) in [4.78, 5) is 41.1. The quantitative estimate of drug-likeness (QED) is 0.0417. The third kappa shape index (κ3) is 20.8. The van der Waals surface area contributed by atoms with Gasteiger partial charge in [-0.25, -0.2) is 14.4 Å². The van der Waals surface area contributed by atoms with Crippen LogP contribution >= 0.6 is 0 Å². The largest absolute Gasteiger partial charge is 0.448 e. The van der Waals surface area contributed by atoms with E-state index in [1.165, 1.54) is 4.90 Å². The van der Waals surface area contributed by atoms with E-state index in [0.29, 0.717) is 45.4 Å². The molecule has 13 N–H and O–H groups in total. The van der Waals surface area contributed by atoms with Crippen LogP contribution in [0.5, 0.6) is 0 Å². The average Bonchev–Trinajstić information content (AvgIpc) is 2.85. The number of guanidine groups is 1. The Hall–Kier alpha value is -3.04. The topological polar surface area (TPSA) is 263 Å². The van der Waals surface area contributed by atoms with Gasteiger partial charge >= 0.3 is 18.3 Å². The molecule has 0 aliphatic carbocycles. The fourth-order valence-corrected chi connectivity index (χ4v) is 3.20. The van der Waals surface area contributed by atoms with Gasteiger partial charge in [-0.3, -0.25) is 4.99 Å². The smallest absolute Gasteiger partial charge is 0.409 e. The number of nitrogens with one attached hydrogen (secondary N) is 1. The summed E-state index contributed by atoms with van der Waals surface area (Å²) in [5.74, 6) is 0.0160. The zero-order chi connectivity index (χ0) is 27.9. The predicted molar refractivity (Wildman–Crippen MR) is 140 cm³/mol. The molecule has 0 spiro atoms. The van der Waals surface area contributed by atoms with Crippen LogP contribution in [0.2, 0.25) is 0 Å². The Bertz CT molecular complexity index is 665. The van der Waals surface area contributed by atoms with Crippen LogP contribution in [-0.2, 0) is 14.2 Å². The maximum absolute atomic E-state index is 12.6. The minimum absolute atomic E-state index is 0.0160. The van der Waals surface area contributed by atoms with E-state index >= 15 is 0 Å². The molecule has 0 aromatic rings. The van der Waals surface area contributed by atoms with Gasteiger partial charge in [-0.1, -0.05) is 12.8 Å². The van der Waals surface area contributed by atoms with E-state index in [4.69, 9.17) is 48.6 Å². The van der Waals surface area contributed by atoms with Crippen molar-refractivity contribution >= 4 is 24.2 Å². The number of unbranched alkanes of at least 4 members (excludes halogenated alkanes) is 3. The molecule has 0 bridgehead atoms. The highest BCUT2D eigenvalue weighted by Crippen LogP contribution is 2.05. The molecular weight excluding hydrogens is 486 g/mol. The van der Waals surface area contributed by atoms with Crippen molar-refractivity contribution in [2.75, 3.05) is 52.5 Å². The lowest BCUT2D eigenvalue weighted by Gasteiger charge is -2.23. The summed E-state index contributed by atoms with van der Waals surface area (Å²) >= 11 is 0. The van der Waals surface area contributed by atoms with Gasteiger partial charge in [0.25, 0.3) is 0 Å². The molecule has 0 aromatic carbocycles. The zero-order valence-corrected chi connectivity index (χ0v) is 21.8. The van der Waals surface area contributed by atoms with E-state index in [0.717, 1.165) is 32.1 Å². The predicted octanol–water partition coefficient (Wildman–Crippen LogP) is -0.746. The SMILES string of the molecule is NCCCCCN(CCOC(=O)N[C@H](CCCCN)COC(N)=O)C(=O)OC[C@@H](N)CCCN=C(N)N. The van der Waals surface area contributed by atoms with Gasteiger partial charge in [-0.05, 0) is 51.6 Å². The van der Waals surface area contributed by atoms with Gasteiger partial charge in [0.1, 0.15) is 19.8 Å². The summed E-state index contributed by atoms with van der Waals surface area (Å²) in [5.41, 5.74) is 32.6. The molecule has 0 aliphatic heterocycles. The van der Waals surface area contributed by atoms with E-state index in [9.17, 15) is 14.4 Å². The van der Waals surface area contributed by atoms with Crippen molar-refractivity contribution in [2.24, 2.45) is 39.4 Å². The van der Waals surface area contributed by atoms with Crippen molar-refractivity contribution in [3.63, 3.8) is 0 Å². The van der Waals surface area contributed by atoms with Crippen molar-refractivity contribution in [1.29, 1.82) is 0 Å². The molecule has 0 aromatic heterocycles. The fourth-order valence-electron chi connectivity index (χ4n) is 3.20. The maximum atomic E-state index is 12.6. The first kappa shape index (κ1) is 34.0. The van der Waals surface area contributed by atoms with E-state index in [1.54, 1.807) is 0 Å². The Morgan fingerprint density at radius 3 is 2.16 bits per heavy atom. The number of hydrogen-bond acceptors (Lipinski definition) is 10. The van der Waals surface area contributed by atoms with Crippen molar-refractivity contribution in [3.8, 4) is 0 Å². The van der Waals surface area contributed by atoms with Crippen molar-refractivity contribution in [3.05, 3.63) is 0 Å². The van der Waals surface area contributed by atoms with Crippen LogP contribution in [0.1, 0.15) is 51.4 Å². The molecule has 0 aliphatic rings. The summed E-state index contributed by atoms with van der Waals surface area (Å²) in [6.45, 7) is 1.95. The normalized spacial score (nSPS) is 12.2. The monoisotopic (exact) mass is 533 g/mol. The number of nitrogens with two attached hydrogens (primary N) is 6. The molecule has 15 heteroatoms. The third-order valence-corrected chi connectivity index (χ3v) is 5.19. The van der Waals surface area contributed by atoms with Crippen LogP contribution in [0.4, 0.5) is 14.4 Å². The van der Waals surface area contributed by atoms with Crippen molar-refractivity contribution in [1.82, 2.24) is 10.2 Å². The summed E-state index contributed by atoms with van der Waals surface area (Å²) in [6.07, 6.45) is 3.45. The van der Waals surface area contributed by atoms with Gasteiger partial charge in [-0.2, -0.15) is 0 Å². The minimum Gasteiger partial charge on any atom is -0.448 e. The highest BCUT2D eigenvalue weighted by atomic mass is 16.6. The number of carbonyl (C=O) groups is 3. The molecule has 0 saturated carbocycles. The van der Waals surface area contributed by atoms with Crippen LogP contribution in [0.15, 0.2) is 4.99 Å². The Morgan fingerprint density at radius 2 is 1.51 bits per heavy atom. The molecular formula is C22H47N9O6. The second-order valence-electron chi connectivity index (χ2n) is 8.51. The highest BCUT2D eigenvalue weighted by Gasteiger charge is 2.18. The molecule has 216 valence electrons. The number of hydrogen-bond donors (Lipinski definition) is 7. The minimum atomic E-state index is -0.934. The maximum Gasteiger partial charge on any atom is 0.409 e. The second-order valence-corrected chi connectivity index (χ2v) is 8.51. The standard InChI is InChI=1S/C22H47N9O6/c23-9-3-1-5-12-31(22(34)37-15-17(25)7-6-11-29-19(26)27)13-14-35-21(33)30-18(8-2-4-10-24)16-36-20(28)32/h17-18H,1-16,23-25H2,(H2,28,32)(H,30,33)(H4,26,27,29)/t17-,18+/m0/s1. The Kier molecular flexibility index (Phi) is 20.4. The molecule has 37 heavy (non-hydrogen) atoms. The first-order valence-electron chi connectivity index (χ1n) is 12.7. The molecule has 0 fully saturated rings. The molecule has 0 saturated heterocycles. The van der Waals surface area contributed by atoms with Gasteiger partial charge in [0.05, 0.1) is 12.6 Å². The fraction of sp³-hybridized carbons (Fsp3) is 0.818. The number of primary amides is 1. The number of aliphatic imine (C=N–C) groups is 1. The van der Waals surface area contributed by atoms with Crippen LogP contribution in [0.3, 0.4) is 0 Å². The highest BCUT2D eigenvalue weighted by molar-refractivity contribution is 5.75. The van der Waals surface area contributed by atoms with E-state index in [2.05, 4.69) is 10.3 Å². The lowest BCUT2D eigenvalue weighted by molar-refractivity contribution is 0.0797. The Labute approximate surface area is 218 Å². The van der Waals surface area contributed by atoms with Gasteiger partial charge < -0.3 is 58.8 Å². The zero-order valence-electron chi connectivity index (χ0n) is 21.8. The molecule has 15 nitrogen and oxygen atoms in total. The van der Waals surface area contributed by atoms with E-state index < -0.39 is 24.3 Å². The molecule has 0 rings (SSSR count). The Balaban J connectivity index is 4.66. The van der Waals surface area contributed by atoms with Gasteiger partial charge in [0, 0.05) is 19.1 Å². The first-order chi connectivity index (χ1) is 17.7. The van der Waals surface area contributed by atoms with Gasteiger partial charge in [-0.15, -0.1) is 0 Å². The molecule has 0 unspecified atom stereocenters. The average molecular weight is 534 g/mol. The number of rotatable bonds is 21. The van der Waals surface area contributed by atoms with Crippen molar-refractivity contribution in [2.45, 2.75) is 63.5 Å². The summed E-state index contributed by atoms with van der Waals surface area (Å²) < 4.78 is 15.4. The summed E-state index contributed by atoms with van der Waals surface area (Å²) in [7, 11) is 0. The van der Waals surface area contributed by atoms with Crippen LogP contribution in [0, 0.1) is 0 Å². The number of carbonyl (C=O) groups excluding carboxylic acids is 3. The molecule has 0 heterocycles. The van der Waals surface area contributed by atoms with Crippen LogP contribution in [-0.4, -0.2) is 93.8 Å². The molecule has 2 atom stereocenters. The van der Waals surface area contributed by atoms with Gasteiger partial charge in [0.15, 0.2) is 5.96 Å². The Morgan fingerprint density at radius 1 is 0.811 bits per heavy atom. The van der Waals surface area contributed by atoms with Crippen molar-refractivity contribution < 1.29 is 28.6 Å². The summed E-state index contributed by atoms with van der Waals surface area (Å²) in [5, 5.41) is 2.64. The lowest BCUT2D eigenvalue weighted by Crippen LogP contribution is -2.42. The second kappa shape index (κ2) is 22.2. The third-order valence-electron chi connectivity index (χ3n) is 5.19. The van der Waals surface area contributed by atoms with E-state index in [1.807, 2.05) is 0 Å². The van der Waals surface area contributed by atoms with Crippen LogP contribution in [0.25, 0.3) is 0 Å². The molecule has 3 amide bonds. The van der Waals surface area contributed by atoms with E-state index in [-0.39, 0.29) is 38.4 Å². The van der Waals surface area contributed by atoms with Crippen LogP contribution < -0.4 is 39.7 Å².